The zero-order valence-electron chi connectivity index (χ0n) is 15.3. The van der Waals surface area contributed by atoms with Gasteiger partial charge in [0, 0.05) is 11.3 Å². The van der Waals surface area contributed by atoms with Crippen molar-refractivity contribution in [3.8, 4) is 11.5 Å². The molecule has 0 aliphatic carbocycles. The zero-order chi connectivity index (χ0) is 19.4. The number of ether oxygens (including phenoxy) is 1. The van der Waals surface area contributed by atoms with Gasteiger partial charge in [-0.2, -0.15) is 4.98 Å². The molecule has 0 spiro atoms. The molecule has 0 saturated carbocycles. The van der Waals surface area contributed by atoms with E-state index in [-0.39, 0.29) is 24.0 Å². The Kier molecular flexibility index (Phi) is 5.30. The van der Waals surface area contributed by atoms with Gasteiger partial charge in [0.15, 0.2) is 5.82 Å². The number of hydrogen-bond donors (Lipinski definition) is 1. The highest BCUT2D eigenvalue weighted by Crippen LogP contribution is 2.19. The number of methoxy groups -OCH3 is 1. The van der Waals surface area contributed by atoms with Gasteiger partial charge in [0.1, 0.15) is 0 Å². The summed E-state index contributed by atoms with van der Waals surface area (Å²) >= 11 is 0. The molecule has 27 heavy (non-hydrogen) atoms. The van der Waals surface area contributed by atoms with E-state index >= 15 is 0 Å². The quantitative estimate of drug-likeness (QED) is 0.697. The highest BCUT2D eigenvalue weighted by atomic mass is 16.5. The van der Waals surface area contributed by atoms with Crippen LogP contribution in [0, 0.1) is 13.8 Å². The minimum absolute atomic E-state index is 0.00331. The number of carbonyl (C=O) groups is 2. The summed E-state index contributed by atoms with van der Waals surface area (Å²) in [6.07, 6.45) is -0.00331. The van der Waals surface area contributed by atoms with Crippen LogP contribution in [0.1, 0.15) is 27.3 Å². The van der Waals surface area contributed by atoms with Crippen molar-refractivity contribution in [2.24, 2.45) is 0 Å². The van der Waals surface area contributed by atoms with Crippen molar-refractivity contribution in [1.82, 2.24) is 10.1 Å². The number of nitrogens with one attached hydrogen (secondary N) is 1. The Morgan fingerprint density at radius 2 is 1.81 bits per heavy atom. The molecule has 138 valence electrons. The van der Waals surface area contributed by atoms with Gasteiger partial charge >= 0.3 is 5.97 Å². The molecule has 2 aromatic carbocycles. The van der Waals surface area contributed by atoms with E-state index < -0.39 is 5.97 Å². The van der Waals surface area contributed by atoms with Gasteiger partial charge in [-0.3, -0.25) is 4.79 Å². The summed E-state index contributed by atoms with van der Waals surface area (Å²) in [5.41, 5.74) is 4.06. The molecule has 0 unspecified atom stereocenters. The van der Waals surface area contributed by atoms with E-state index in [0.717, 1.165) is 16.8 Å². The predicted molar refractivity (Wildman–Crippen MR) is 99.3 cm³/mol. The van der Waals surface area contributed by atoms with Crippen LogP contribution >= 0.6 is 0 Å². The maximum Gasteiger partial charge on any atom is 0.337 e. The fourth-order valence-electron chi connectivity index (χ4n) is 2.48. The van der Waals surface area contributed by atoms with Crippen LogP contribution in [0.4, 0.5) is 5.69 Å². The van der Waals surface area contributed by atoms with Crippen LogP contribution in [0.5, 0.6) is 0 Å². The van der Waals surface area contributed by atoms with Crippen molar-refractivity contribution in [3.63, 3.8) is 0 Å². The van der Waals surface area contributed by atoms with Crippen LogP contribution in [0.15, 0.2) is 47.0 Å². The summed E-state index contributed by atoms with van der Waals surface area (Å²) in [6.45, 7) is 4.00. The van der Waals surface area contributed by atoms with E-state index in [9.17, 15) is 9.59 Å². The summed E-state index contributed by atoms with van der Waals surface area (Å²) in [7, 11) is 1.32. The highest BCUT2D eigenvalue weighted by molar-refractivity contribution is 5.92. The minimum atomic E-state index is -0.421. The van der Waals surface area contributed by atoms with Gasteiger partial charge in [-0.05, 0) is 61.4 Å². The van der Waals surface area contributed by atoms with Gasteiger partial charge in [-0.1, -0.05) is 11.2 Å². The van der Waals surface area contributed by atoms with E-state index in [1.807, 2.05) is 32.0 Å². The van der Waals surface area contributed by atoms with Crippen molar-refractivity contribution < 1.29 is 18.8 Å². The third-order valence-corrected chi connectivity index (χ3v) is 4.13. The molecule has 1 amide bonds. The average molecular weight is 365 g/mol. The molecule has 1 heterocycles. The lowest BCUT2D eigenvalue weighted by atomic mass is 10.1. The summed E-state index contributed by atoms with van der Waals surface area (Å²) < 4.78 is 9.86. The average Bonchev–Trinajstić information content (AvgIpc) is 3.12. The van der Waals surface area contributed by atoms with Crippen LogP contribution in [-0.2, 0) is 16.0 Å². The Hall–Kier alpha value is -3.48. The van der Waals surface area contributed by atoms with E-state index in [1.165, 1.54) is 7.11 Å². The van der Waals surface area contributed by atoms with Gasteiger partial charge in [0.2, 0.25) is 5.91 Å². The normalized spacial score (nSPS) is 10.5. The SMILES string of the molecule is COC(=O)c1ccc(-c2nc(CC(=O)Nc3ccc(C)c(C)c3)no2)cc1. The first-order valence-corrected chi connectivity index (χ1v) is 8.34. The molecular weight excluding hydrogens is 346 g/mol. The molecule has 0 aliphatic rings. The Bertz CT molecular complexity index is 977. The van der Waals surface area contributed by atoms with Crippen molar-refractivity contribution in [1.29, 1.82) is 0 Å². The monoisotopic (exact) mass is 365 g/mol. The zero-order valence-corrected chi connectivity index (χ0v) is 15.3. The number of rotatable bonds is 5. The number of aromatic nitrogens is 2. The topological polar surface area (TPSA) is 94.3 Å². The van der Waals surface area contributed by atoms with E-state index in [0.29, 0.717) is 11.1 Å². The summed E-state index contributed by atoms with van der Waals surface area (Å²) in [6, 6.07) is 12.3. The molecule has 0 saturated heterocycles. The first kappa shape index (κ1) is 18.3. The fourth-order valence-corrected chi connectivity index (χ4v) is 2.48. The van der Waals surface area contributed by atoms with Crippen molar-refractivity contribution >= 4 is 17.6 Å². The van der Waals surface area contributed by atoms with Gasteiger partial charge in [-0.25, -0.2) is 4.79 Å². The Labute approximate surface area is 156 Å². The van der Waals surface area contributed by atoms with Crippen LogP contribution < -0.4 is 5.32 Å². The lowest BCUT2D eigenvalue weighted by Crippen LogP contribution is -2.15. The Morgan fingerprint density at radius 1 is 1.07 bits per heavy atom. The number of benzene rings is 2. The first-order valence-electron chi connectivity index (χ1n) is 8.34. The molecular formula is C20H19N3O4. The predicted octanol–water partition coefficient (Wildman–Crippen LogP) is 3.32. The second kappa shape index (κ2) is 7.82. The summed E-state index contributed by atoms with van der Waals surface area (Å²) in [5, 5.41) is 6.66. The molecule has 1 N–H and O–H groups in total. The molecule has 0 fully saturated rings. The number of anilines is 1. The van der Waals surface area contributed by atoms with Crippen molar-refractivity contribution in [2.45, 2.75) is 20.3 Å². The maximum absolute atomic E-state index is 12.2. The molecule has 7 nitrogen and oxygen atoms in total. The molecule has 0 bridgehead atoms. The largest absolute Gasteiger partial charge is 0.465 e. The number of carbonyl (C=O) groups excluding carboxylic acids is 2. The molecule has 0 atom stereocenters. The van der Waals surface area contributed by atoms with Crippen LogP contribution in [0.2, 0.25) is 0 Å². The van der Waals surface area contributed by atoms with Gasteiger partial charge < -0.3 is 14.6 Å². The lowest BCUT2D eigenvalue weighted by Gasteiger charge is -2.06. The molecule has 0 radical (unpaired) electrons. The minimum Gasteiger partial charge on any atom is -0.465 e. The number of nitrogens with zero attached hydrogens (tertiary/aromatic N) is 2. The van der Waals surface area contributed by atoms with Gasteiger partial charge in [0.25, 0.3) is 5.89 Å². The molecule has 3 aromatic rings. The van der Waals surface area contributed by atoms with E-state index in [1.54, 1.807) is 24.3 Å². The first-order chi connectivity index (χ1) is 13.0. The summed E-state index contributed by atoms with van der Waals surface area (Å²) in [5.74, 6) is -0.0915. The second-order valence-corrected chi connectivity index (χ2v) is 6.11. The summed E-state index contributed by atoms with van der Waals surface area (Å²) in [4.78, 5) is 27.9. The molecule has 1 aromatic heterocycles. The molecule has 7 heteroatoms. The molecule has 3 rings (SSSR count). The van der Waals surface area contributed by atoms with Crippen LogP contribution in [-0.4, -0.2) is 29.1 Å². The second-order valence-electron chi connectivity index (χ2n) is 6.11. The van der Waals surface area contributed by atoms with Crippen molar-refractivity contribution in [2.75, 3.05) is 12.4 Å². The standard InChI is InChI=1S/C20H19N3O4/c1-12-4-9-16(10-13(12)2)21-18(24)11-17-22-19(27-23-17)14-5-7-15(8-6-14)20(25)26-3/h4-10H,11H2,1-3H3,(H,21,24). The van der Waals surface area contributed by atoms with Gasteiger partial charge in [0.05, 0.1) is 19.1 Å². The number of hydrogen-bond acceptors (Lipinski definition) is 6. The maximum atomic E-state index is 12.2. The lowest BCUT2D eigenvalue weighted by molar-refractivity contribution is -0.115. The number of amides is 1. The Morgan fingerprint density at radius 3 is 2.48 bits per heavy atom. The smallest absolute Gasteiger partial charge is 0.337 e. The van der Waals surface area contributed by atoms with Crippen LogP contribution in [0.3, 0.4) is 0 Å². The van der Waals surface area contributed by atoms with Crippen LogP contribution in [0.25, 0.3) is 11.5 Å². The third kappa shape index (κ3) is 4.38. The van der Waals surface area contributed by atoms with Crippen molar-refractivity contribution in [3.05, 3.63) is 65.0 Å². The van der Waals surface area contributed by atoms with E-state index in [2.05, 4.69) is 20.2 Å². The fraction of sp³-hybridized carbons (Fsp3) is 0.200. The third-order valence-electron chi connectivity index (χ3n) is 4.13. The van der Waals surface area contributed by atoms with Gasteiger partial charge in [-0.15, -0.1) is 0 Å². The van der Waals surface area contributed by atoms with E-state index in [4.69, 9.17) is 4.52 Å². The highest BCUT2D eigenvalue weighted by Gasteiger charge is 2.14. The Balaban J connectivity index is 1.65. The number of esters is 1. The number of aryl methyl sites for hydroxylation is 2. The molecule has 0 aliphatic heterocycles.